The molecule has 1 saturated carbocycles. The molecule has 1 aliphatic heterocycles. The average molecular weight is 870 g/mol. The molecule has 0 unspecified atom stereocenters. The average Bonchev–Trinajstić information content (AvgIpc) is 3.82. The van der Waals surface area contributed by atoms with Crippen molar-refractivity contribution in [3.8, 4) is 28.7 Å². The predicted molar refractivity (Wildman–Crippen MR) is 270 cm³/mol. The van der Waals surface area contributed by atoms with Gasteiger partial charge in [-0.15, -0.1) is 11.1 Å². The Morgan fingerprint density at radius 3 is 1.79 bits per heavy atom. The maximum absolute atomic E-state index is 13.5. The largest absolute Gasteiger partial charge is 0.491 e. The van der Waals surface area contributed by atoms with Crippen LogP contribution in [0.3, 0.4) is 0 Å². The van der Waals surface area contributed by atoms with Crippen molar-refractivity contribution in [3.63, 3.8) is 0 Å². The highest BCUT2D eigenvalue weighted by Gasteiger charge is 2.45. The van der Waals surface area contributed by atoms with Crippen molar-refractivity contribution >= 4 is 33.9 Å². The molecular weight excluding hydrogens is 791 g/mol. The highest BCUT2D eigenvalue weighted by molar-refractivity contribution is 6.84. The summed E-state index contributed by atoms with van der Waals surface area (Å²) in [5.74, 6) is 10.1. The zero-order valence-corrected chi connectivity index (χ0v) is 41.9. The van der Waals surface area contributed by atoms with Crippen LogP contribution < -0.4 is 9.64 Å². The third kappa shape index (κ3) is 16.6. The number of esters is 1. The summed E-state index contributed by atoms with van der Waals surface area (Å²) in [4.78, 5) is 16.0. The predicted octanol–water partition coefficient (Wildman–Crippen LogP) is 14.8. The first kappa shape index (κ1) is 49.0. The molecule has 3 aromatic carbocycles. The molecule has 0 radical (unpaired) electrons. The number of carbonyl (C=O) groups excluding carboxylic acids is 1. The molecule has 1 heterocycles. The van der Waals surface area contributed by atoms with Crippen LogP contribution in [-0.2, 0) is 11.3 Å². The lowest BCUT2D eigenvalue weighted by Gasteiger charge is -2.22. The Morgan fingerprint density at radius 2 is 1.24 bits per heavy atom. The minimum atomic E-state index is -1.68. The first-order chi connectivity index (χ1) is 29.8. The monoisotopic (exact) mass is 870 g/mol. The van der Waals surface area contributed by atoms with Gasteiger partial charge in [0.2, 0.25) is 0 Å². The van der Waals surface area contributed by atoms with Gasteiger partial charge in [0.05, 0.1) is 23.3 Å². The lowest BCUT2D eigenvalue weighted by molar-refractivity contribution is 0.0472. The van der Waals surface area contributed by atoms with E-state index in [-0.39, 0.29) is 12.6 Å². The fourth-order valence-electron chi connectivity index (χ4n) is 9.05. The molecule has 0 spiro atoms. The summed E-state index contributed by atoms with van der Waals surface area (Å²) >= 11 is 0. The summed E-state index contributed by atoms with van der Waals surface area (Å²) in [6.45, 7) is 21.2. The van der Waals surface area contributed by atoms with E-state index in [4.69, 9.17) is 9.47 Å². The third-order valence-corrected chi connectivity index (χ3v) is 14.3. The second-order valence-electron chi connectivity index (χ2n) is 20.5. The van der Waals surface area contributed by atoms with Gasteiger partial charge in [0.15, 0.2) is 0 Å². The zero-order valence-electron chi connectivity index (χ0n) is 39.9. The molecule has 0 N–H and O–H groups in total. The number of rotatable bonds is 22. The number of fused-ring (bicyclic) bond motifs is 1. The Morgan fingerprint density at radius 1 is 0.710 bits per heavy atom. The summed E-state index contributed by atoms with van der Waals surface area (Å²) in [5.41, 5.74) is 12.7. The fraction of sp³-hybridized carbons (Fsp3) is 0.554. The summed E-state index contributed by atoms with van der Waals surface area (Å²) in [6, 6.07) is 22.8. The minimum absolute atomic E-state index is 0.147. The zero-order chi connectivity index (χ0) is 44.4. The summed E-state index contributed by atoms with van der Waals surface area (Å²) in [6.07, 6.45) is 24.6. The van der Waals surface area contributed by atoms with Gasteiger partial charge in [-0.1, -0.05) is 191 Å². The van der Waals surface area contributed by atoms with Crippen LogP contribution in [0.2, 0.25) is 39.3 Å². The molecule has 3 aromatic rings. The Balaban J connectivity index is 1.17. The lowest BCUT2D eigenvalue weighted by atomic mass is 9.90. The molecule has 0 amide bonds. The van der Waals surface area contributed by atoms with Gasteiger partial charge in [-0.2, -0.15) is 0 Å². The van der Waals surface area contributed by atoms with Crippen LogP contribution >= 0.6 is 0 Å². The van der Waals surface area contributed by atoms with Crippen molar-refractivity contribution < 1.29 is 14.3 Å². The Hall–Kier alpha value is -3.98. The molecule has 334 valence electrons. The number of benzene rings is 3. The van der Waals surface area contributed by atoms with Gasteiger partial charge in [0.25, 0.3) is 0 Å². The van der Waals surface area contributed by atoms with Crippen molar-refractivity contribution in [1.82, 2.24) is 0 Å². The van der Waals surface area contributed by atoms with Crippen molar-refractivity contribution in [2.45, 2.75) is 156 Å². The van der Waals surface area contributed by atoms with E-state index in [9.17, 15) is 4.79 Å². The molecule has 0 aromatic heterocycles. The Labute approximate surface area is 380 Å². The van der Waals surface area contributed by atoms with E-state index < -0.39 is 16.1 Å². The number of anilines is 1. The Kier molecular flexibility index (Phi) is 19.6. The van der Waals surface area contributed by atoms with Gasteiger partial charge in [-0.3, -0.25) is 0 Å². The van der Waals surface area contributed by atoms with E-state index in [1.54, 1.807) is 0 Å². The van der Waals surface area contributed by atoms with Crippen molar-refractivity contribution in [2.24, 2.45) is 23.7 Å². The van der Waals surface area contributed by atoms with Crippen molar-refractivity contribution in [3.05, 3.63) is 101 Å². The van der Waals surface area contributed by atoms with Crippen LogP contribution in [0.15, 0.2) is 72.8 Å². The Bertz CT molecular complexity index is 1930. The SMILES string of the molecule is CCCCCCCCCCCCCCCCOc1c(C#C[Si](C)(C)C)cc(COC(=O)c2ccc(N3C[C@@H]4[C@H](C3)[C@@H](/C=C/c3ccccc3)C[C@H]4C)cc2)cc1C#C[Si](C)(C)C. The highest BCUT2D eigenvalue weighted by Crippen LogP contribution is 2.47. The molecule has 5 rings (SSSR count). The van der Waals surface area contributed by atoms with Crippen LogP contribution in [0.1, 0.15) is 143 Å². The molecule has 0 bridgehead atoms. The van der Waals surface area contributed by atoms with Crippen LogP contribution in [0.4, 0.5) is 5.69 Å². The molecule has 62 heavy (non-hydrogen) atoms. The lowest BCUT2D eigenvalue weighted by Crippen LogP contribution is -2.23. The third-order valence-electron chi connectivity index (χ3n) is 12.5. The van der Waals surface area contributed by atoms with E-state index >= 15 is 0 Å². The standard InChI is InChI=1S/C56H79NO3Si2/c1-9-10-11-12-13-14-15-16-17-18-19-20-21-25-36-59-55-50(34-37-61(3,4)5)40-47(41-51(55)35-38-62(6,7)8)44-60-56(58)48-30-32-52(33-31-48)57-42-53-45(2)39-49(54(53)43-57)29-28-46-26-23-22-24-27-46/h22-24,26-33,40-41,45,49,53-54H,9-21,25,36,39,42-44H2,1-8H3/b29-28+/t45-,49+,53+,54-/m1/s1. The van der Waals surface area contributed by atoms with Gasteiger partial charge >= 0.3 is 5.97 Å². The van der Waals surface area contributed by atoms with Gasteiger partial charge in [-0.25, -0.2) is 4.79 Å². The molecule has 4 nitrogen and oxygen atoms in total. The van der Waals surface area contributed by atoms with Crippen molar-refractivity contribution in [1.29, 1.82) is 0 Å². The number of nitrogens with zero attached hydrogens (tertiary/aromatic N) is 1. The molecular formula is C56H79NO3Si2. The maximum Gasteiger partial charge on any atom is 0.338 e. The maximum atomic E-state index is 13.5. The summed E-state index contributed by atoms with van der Waals surface area (Å²) in [7, 11) is -3.37. The van der Waals surface area contributed by atoms with Gasteiger partial charge in [0, 0.05) is 18.8 Å². The summed E-state index contributed by atoms with van der Waals surface area (Å²) < 4.78 is 12.6. The van der Waals surface area contributed by atoms with E-state index in [0.29, 0.717) is 35.8 Å². The van der Waals surface area contributed by atoms with Crippen LogP contribution in [0, 0.1) is 46.6 Å². The van der Waals surface area contributed by atoms with Gasteiger partial charge in [-0.05, 0) is 84.0 Å². The number of unbranched alkanes of at least 4 members (excludes halogenated alkanes) is 13. The second-order valence-corrected chi connectivity index (χ2v) is 30.0. The number of carbonyl (C=O) groups is 1. The molecule has 2 fully saturated rings. The smallest absolute Gasteiger partial charge is 0.338 e. The van der Waals surface area contributed by atoms with Gasteiger partial charge < -0.3 is 14.4 Å². The number of hydrogen-bond acceptors (Lipinski definition) is 4. The second kappa shape index (κ2) is 24.8. The van der Waals surface area contributed by atoms with Crippen LogP contribution in [0.5, 0.6) is 5.75 Å². The number of allylic oxidation sites excluding steroid dienone is 1. The molecule has 6 heteroatoms. The van der Waals surface area contributed by atoms with E-state index in [0.717, 1.165) is 42.0 Å². The van der Waals surface area contributed by atoms with E-state index in [1.807, 2.05) is 12.1 Å². The fourth-order valence-corrected chi connectivity index (χ4v) is 10.1. The molecule has 4 atom stereocenters. The van der Waals surface area contributed by atoms with E-state index in [1.165, 1.54) is 101 Å². The van der Waals surface area contributed by atoms with Crippen LogP contribution in [0.25, 0.3) is 6.08 Å². The van der Waals surface area contributed by atoms with E-state index in [2.05, 4.69) is 148 Å². The summed E-state index contributed by atoms with van der Waals surface area (Å²) in [5, 5.41) is 0. The molecule has 1 aliphatic carbocycles. The first-order valence-electron chi connectivity index (χ1n) is 24.4. The molecule has 1 saturated heterocycles. The first-order valence-corrected chi connectivity index (χ1v) is 31.4. The van der Waals surface area contributed by atoms with Crippen LogP contribution in [-0.4, -0.2) is 41.8 Å². The number of hydrogen-bond donors (Lipinski definition) is 0. The molecule has 2 aliphatic rings. The topological polar surface area (TPSA) is 38.8 Å². The normalized spacial score (nSPS) is 18.5. The quantitative estimate of drug-likeness (QED) is 0.0436. The number of ether oxygens (including phenoxy) is 2. The minimum Gasteiger partial charge on any atom is -0.491 e. The van der Waals surface area contributed by atoms with Gasteiger partial charge in [0.1, 0.15) is 28.5 Å². The highest BCUT2D eigenvalue weighted by atomic mass is 28.3. The van der Waals surface area contributed by atoms with Crippen molar-refractivity contribution in [2.75, 3.05) is 24.6 Å².